The van der Waals surface area contributed by atoms with Gasteiger partial charge in [0.2, 0.25) is 0 Å². The summed E-state index contributed by atoms with van der Waals surface area (Å²) in [6, 6.07) is 15.4. The lowest BCUT2D eigenvalue weighted by atomic mass is 10.1. The van der Waals surface area contributed by atoms with Crippen molar-refractivity contribution in [3.63, 3.8) is 0 Å². The Morgan fingerprint density at radius 1 is 1.08 bits per heavy atom. The van der Waals surface area contributed by atoms with Crippen LogP contribution in [0.5, 0.6) is 0 Å². The molecular weight excluding hydrogens is 371 g/mol. The van der Waals surface area contributed by atoms with Crippen molar-refractivity contribution in [2.75, 3.05) is 6.54 Å². The monoisotopic (exact) mass is 390 g/mol. The van der Waals surface area contributed by atoms with E-state index < -0.39 is 6.10 Å². The minimum atomic E-state index is -0.415. The van der Waals surface area contributed by atoms with E-state index in [4.69, 9.17) is 23.2 Å². The molecule has 136 valence electrons. The third kappa shape index (κ3) is 4.83. The van der Waals surface area contributed by atoms with Crippen molar-refractivity contribution in [1.29, 1.82) is 0 Å². The Morgan fingerprint density at radius 3 is 2.54 bits per heavy atom. The summed E-state index contributed by atoms with van der Waals surface area (Å²) in [5.41, 5.74) is 3.62. The Kier molecular flexibility index (Phi) is 6.27. The average Bonchev–Trinajstić information content (AvgIpc) is 3.01. The average molecular weight is 391 g/mol. The minimum absolute atomic E-state index is 0.415. The number of nitrogens with one attached hydrogen (secondary N) is 1. The zero-order chi connectivity index (χ0) is 18.5. The summed E-state index contributed by atoms with van der Waals surface area (Å²) in [6.07, 6.45) is -0.415. The summed E-state index contributed by atoms with van der Waals surface area (Å²) >= 11 is 12.1. The van der Waals surface area contributed by atoms with Crippen molar-refractivity contribution in [3.05, 3.63) is 69.8 Å². The van der Waals surface area contributed by atoms with E-state index in [1.54, 1.807) is 17.8 Å². The Hall–Kier alpha value is -1.92. The standard InChI is InChI=1S/C19H20Cl2N4O/c1-13(26)10-22-11-18-19(15-5-3-2-4-6-15)24-25(23-18)12-14-7-8-16(20)17(21)9-14/h2-9,13,22,26H,10-12H2,1H3/t13-/m0/s1. The molecule has 1 atom stereocenters. The van der Waals surface area contributed by atoms with Crippen LogP contribution in [0.4, 0.5) is 0 Å². The van der Waals surface area contributed by atoms with Crippen molar-refractivity contribution in [2.24, 2.45) is 0 Å². The van der Waals surface area contributed by atoms with Gasteiger partial charge < -0.3 is 10.4 Å². The van der Waals surface area contributed by atoms with E-state index >= 15 is 0 Å². The maximum Gasteiger partial charge on any atom is 0.117 e. The maximum absolute atomic E-state index is 9.44. The van der Waals surface area contributed by atoms with Crippen LogP contribution >= 0.6 is 23.2 Å². The molecule has 0 amide bonds. The quantitative estimate of drug-likeness (QED) is 0.644. The molecule has 7 heteroatoms. The van der Waals surface area contributed by atoms with Gasteiger partial charge in [0.15, 0.2) is 0 Å². The minimum Gasteiger partial charge on any atom is -0.392 e. The summed E-state index contributed by atoms with van der Waals surface area (Å²) < 4.78 is 0. The Labute approximate surface area is 162 Å². The molecule has 0 aliphatic rings. The number of hydrogen-bond acceptors (Lipinski definition) is 4. The summed E-state index contributed by atoms with van der Waals surface area (Å²) in [5, 5.41) is 22.9. The lowest BCUT2D eigenvalue weighted by molar-refractivity contribution is 0.191. The molecule has 0 fully saturated rings. The number of aliphatic hydroxyl groups is 1. The van der Waals surface area contributed by atoms with Gasteiger partial charge in [-0.1, -0.05) is 59.6 Å². The van der Waals surface area contributed by atoms with E-state index in [2.05, 4.69) is 15.5 Å². The number of halogens is 2. The number of aliphatic hydroxyl groups excluding tert-OH is 1. The first-order valence-electron chi connectivity index (χ1n) is 8.35. The molecule has 2 N–H and O–H groups in total. The number of hydrogen-bond donors (Lipinski definition) is 2. The van der Waals surface area contributed by atoms with Gasteiger partial charge in [-0.05, 0) is 24.6 Å². The second-order valence-corrected chi connectivity index (χ2v) is 6.93. The van der Waals surface area contributed by atoms with Gasteiger partial charge in [0.25, 0.3) is 0 Å². The SMILES string of the molecule is C[C@H](O)CNCc1nn(Cc2ccc(Cl)c(Cl)c2)nc1-c1ccccc1. The molecular formula is C19H20Cl2N4O. The smallest absolute Gasteiger partial charge is 0.117 e. The first-order chi connectivity index (χ1) is 12.5. The first kappa shape index (κ1) is 18.9. The highest BCUT2D eigenvalue weighted by Crippen LogP contribution is 2.24. The van der Waals surface area contributed by atoms with Gasteiger partial charge in [-0.15, -0.1) is 0 Å². The summed E-state index contributed by atoms with van der Waals surface area (Å²) in [6.45, 7) is 3.25. The van der Waals surface area contributed by atoms with Crippen LogP contribution in [0, 0.1) is 0 Å². The molecule has 0 aliphatic heterocycles. The van der Waals surface area contributed by atoms with Crippen molar-refractivity contribution < 1.29 is 5.11 Å². The second kappa shape index (κ2) is 8.64. The van der Waals surface area contributed by atoms with Gasteiger partial charge in [-0.2, -0.15) is 15.0 Å². The Morgan fingerprint density at radius 2 is 1.85 bits per heavy atom. The van der Waals surface area contributed by atoms with Crippen molar-refractivity contribution in [2.45, 2.75) is 26.1 Å². The highest BCUT2D eigenvalue weighted by Gasteiger charge is 2.13. The molecule has 0 radical (unpaired) electrons. The molecule has 0 saturated heterocycles. The maximum atomic E-state index is 9.44. The second-order valence-electron chi connectivity index (χ2n) is 6.12. The van der Waals surface area contributed by atoms with Crippen molar-refractivity contribution in [1.82, 2.24) is 20.3 Å². The van der Waals surface area contributed by atoms with Gasteiger partial charge in [0.1, 0.15) is 11.4 Å². The molecule has 0 aliphatic carbocycles. The van der Waals surface area contributed by atoms with Gasteiger partial charge in [0.05, 0.1) is 22.7 Å². The van der Waals surface area contributed by atoms with Crippen LogP contribution in [0.25, 0.3) is 11.3 Å². The molecule has 3 rings (SSSR count). The largest absolute Gasteiger partial charge is 0.392 e. The molecule has 0 saturated carbocycles. The number of aromatic nitrogens is 3. The van der Waals surface area contributed by atoms with Crippen LogP contribution in [0.3, 0.4) is 0 Å². The molecule has 5 nitrogen and oxygen atoms in total. The Balaban J connectivity index is 1.86. The third-order valence-electron chi connectivity index (χ3n) is 3.81. The molecule has 26 heavy (non-hydrogen) atoms. The van der Waals surface area contributed by atoms with E-state index in [0.717, 1.165) is 22.5 Å². The fourth-order valence-corrected chi connectivity index (χ4v) is 2.91. The van der Waals surface area contributed by atoms with Gasteiger partial charge in [-0.25, -0.2) is 0 Å². The third-order valence-corrected chi connectivity index (χ3v) is 4.55. The molecule has 0 spiro atoms. The van der Waals surface area contributed by atoms with E-state index in [-0.39, 0.29) is 0 Å². The van der Waals surface area contributed by atoms with Crippen molar-refractivity contribution in [3.8, 4) is 11.3 Å². The lowest BCUT2D eigenvalue weighted by Crippen LogP contribution is -2.24. The van der Waals surface area contributed by atoms with E-state index in [0.29, 0.717) is 29.7 Å². The number of nitrogens with zero attached hydrogens (tertiary/aromatic N) is 3. The lowest BCUT2D eigenvalue weighted by Gasteiger charge is -2.05. The van der Waals surface area contributed by atoms with Gasteiger partial charge in [-0.3, -0.25) is 0 Å². The normalized spacial score (nSPS) is 12.3. The molecule has 2 aromatic carbocycles. The molecule has 0 bridgehead atoms. The van der Waals surface area contributed by atoms with E-state index in [1.807, 2.05) is 42.5 Å². The zero-order valence-corrected chi connectivity index (χ0v) is 15.9. The fraction of sp³-hybridized carbons (Fsp3) is 0.263. The van der Waals surface area contributed by atoms with Crippen molar-refractivity contribution >= 4 is 23.2 Å². The predicted octanol–water partition coefficient (Wildman–Crippen LogP) is 3.77. The van der Waals surface area contributed by atoms with Crippen LogP contribution in [0.2, 0.25) is 10.0 Å². The topological polar surface area (TPSA) is 63.0 Å². The van der Waals surface area contributed by atoms with E-state index in [1.165, 1.54) is 0 Å². The summed E-state index contributed by atoms with van der Waals surface area (Å²) in [5.74, 6) is 0. The zero-order valence-electron chi connectivity index (χ0n) is 14.4. The highest BCUT2D eigenvalue weighted by atomic mass is 35.5. The molecule has 3 aromatic rings. The molecule has 1 heterocycles. The van der Waals surface area contributed by atoms with Gasteiger partial charge in [0, 0.05) is 18.7 Å². The number of rotatable bonds is 7. The highest BCUT2D eigenvalue weighted by molar-refractivity contribution is 6.42. The first-order valence-corrected chi connectivity index (χ1v) is 9.10. The van der Waals surface area contributed by atoms with Crippen LogP contribution in [-0.2, 0) is 13.1 Å². The van der Waals surface area contributed by atoms with Gasteiger partial charge >= 0.3 is 0 Å². The molecule has 0 unspecified atom stereocenters. The Bertz CT molecular complexity index is 865. The van der Waals surface area contributed by atoms with Crippen LogP contribution in [-0.4, -0.2) is 32.7 Å². The number of benzene rings is 2. The fourth-order valence-electron chi connectivity index (χ4n) is 2.59. The summed E-state index contributed by atoms with van der Waals surface area (Å²) in [4.78, 5) is 1.65. The van der Waals surface area contributed by atoms with Crippen LogP contribution in [0.1, 0.15) is 18.2 Å². The predicted molar refractivity (Wildman–Crippen MR) is 104 cm³/mol. The van der Waals surface area contributed by atoms with Crippen LogP contribution < -0.4 is 5.32 Å². The van der Waals surface area contributed by atoms with Crippen LogP contribution in [0.15, 0.2) is 48.5 Å². The summed E-state index contributed by atoms with van der Waals surface area (Å²) in [7, 11) is 0. The molecule has 1 aromatic heterocycles. The van der Waals surface area contributed by atoms with E-state index in [9.17, 15) is 5.11 Å².